The second kappa shape index (κ2) is 7.07. The molecule has 0 radical (unpaired) electrons. The van der Waals surface area contributed by atoms with Gasteiger partial charge in [0.15, 0.2) is 11.3 Å². The van der Waals surface area contributed by atoms with E-state index in [-0.39, 0.29) is 5.91 Å². The van der Waals surface area contributed by atoms with Crippen LogP contribution in [0.25, 0.3) is 5.65 Å². The van der Waals surface area contributed by atoms with Gasteiger partial charge in [0.1, 0.15) is 0 Å². The molecule has 28 heavy (non-hydrogen) atoms. The van der Waals surface area contributed by atoms with E-state index in [2.05, 4.69) is 10.1 Å². The highest BCUT2D eigenvalue weighted by Crippen LogP contribution is 2.23. The number of carbonyl (C=O) groups is 2. The largest absolute Gasteiger partial charge is 0.478 e. The number of rotatable bonds is 4. The highest BCUT2D eigenvalue weighted by Gasteiger charge is 2.28. The van der Waals surface area contributed by atoms with Crippen LogP contribution in [0.1, 0.15) is 44.2 Å². The van der Waals surface area contributed by atoms with Crippen molar-refractivity contribution < 1.29 is 14.7 Å². The summed E-state index contributed by atoms with van der Waals surface area (Å²) in [4.78, 5) is 30.3. The van der Waals surface area contributed by atoms with Gasteiger partial charge in [-0.15, -0.1) is 0 Å². The highest BCUT2D eigenvalue weighted by atomic mass is 16.4. The first-order chi connectivity index (χ1) is 13.4. The number of aromatic carboxylic acids is 1. The Balaban J connectivity index is 1.47. The minimum absolute atomic E-state index is 0.0793. The zero-order valence-electron chi connectivity index (χ0n) is 15.9. The SMILES string of the molecule is Cc1cc(C)n2nc(C(=O)N3CCC(Cc4cccc(C(=O)O)c4)C3)cc2n1. The van der Waals surface area contributed by atoms with Gasteiger partial charge in [0.25, 0.3) is 5.91 Å². The molecule has 1 aliphatic rings. The van der Waals surface area contributed by atoms with Crippen LogP contribution in [0.4, 0.5) is 0 Å². The fourth-order valence-electron chi connectivity index (χ4n) is 3.90. The van der Waals surface area contributed by atoms with Crippen molar-refractivity contribution in [3.8, 4) is 0 Å². The predicted octanol–water partition coefficient (Wildman–Crippen LogP) is 2.75. The van der Waals surface area contributed by atoms with Gasteiger partial charge in [-0.1, -0.05) is 12.1 Å². The standard InChI is InChI=1S/C21H22N4O3/c1-13-8-14(2)25-19(22-13)11-18(23-25)20(26)24-7-6-16(12-24)9-15-4-3-5-17(10-15)21(27)28/h3-5,8,10-11,16H,6-7,9,12H2,1-2H3,(H,27,28). The van der Waals surface area contributed by atoms with Crippen molar-refractivity contribution in [2.24, 2.45) is 5.92 Å². The number of amides is 1. The van der Waals surface area contributed by atoms with Gasteiger partial charge in [-0.3, -0.25) is 4.79 Å². The Bertz CT molecular complexity index is 1070. The third kappa shape index (κ3) is 3.47. The fraction of sp³-hybridized carbons (Fsp3) is 0.333. The summed E-state index contributed by atoms with van der Waals surface area (Å²) in [6, 6.07) is 10.7. The van der Waals surface area contributed by atoms with Gasteiger partial charge in [-0.2, -0.15) is 5.10 Å². The van der Waals surface area contributed by atoms with Crippen LogP contribution >= 0.6 is 0 Å². The second-order valence-electron chi connectivity index (χ2n) is 7.45. The van der Waals surface area contributed by atoms with Crippen LogP contribution in [-0.2, 0) is 6.42 Å². The van der Waals surface area contributed by atoms with Crippen molar-refractivity contribution in [1.29, 1.82) is 0 Å². The Morgan fingerprint density at radius 1 is 1.21 bits per heavy atom. The molecule has 4 rings (SSSR count). The van der Waals surface area contributed by atoms with Crippen molar-refractivity contribution in [3.05, 3.63) is 64.6 Å². The van der Waals surface area contributed by atoms with Crippen LogP contribution in [0, 0.1) is 19.8 Å². The van der Waals surface area contributed by atoms with E-state index in [1.54, 1.807) is 28.8 Å². The Kier molecular flexibility index (Phi) is 4.58. The van der Waals surface area contributed by atoms with Gasteiger partial charge >= 0.3 is 5.97 Å². The van der Waals surface area contributed by atoms with Crippen LogP contribution in [0.15, 0.2) is 36.4 Å². The number of nitrogens with zero attached hydrogens (tertiary/aromatic N) is 4. The molecule has 1 atom stereocenters. The molecule has 3 aromatic rings. The first-order valence-corrected chi connectivity index (χ1v) is 9.36. The fourth-order valence-corrected chi connectivity index (χ4v) is 3.90. The summed E-state index contributed by atoms with van der Waals surface area (Å²) in [5.41, 5.74) is 4.22. The lowest BCUT2D eigenvalue weighted by molar-refractivity contribution is 0.0696. The molecule has 1 unspecified atom stereocenters. The monoisotopic (exact) mass is 378 g/mol. The molecule has 1 saturated heterocycles. The number of carboxylic acid groups (broad SMARTS) is 1. The number of carboxylic acids is 1. The van der Waals surface area contributed by atoms with Gasteiger partial charge < -0.3 is 10.0 Å². The highest BCUT2D eigenvalue weighted by molar-refractivity contribution is 5.93. The van der Waals surface area contributed by atoms with Gasteiger partial charge in [0, 0.05) is 30.5 Å². The van der Waals surface area contributed by atoms with E-state index in [4.69, 9.17) is 5.11 Å². The van der Waals surface area contributed by atoms with Gasteiger partial charge in [-0.05, 0) is 56.4 Å². The quantitative estimate of drug-likeness (QED) is 0.754. The lowest BCUT2D eigenvalue weighted by Crippen LogP contribution is -2.29. The first-order valence-electron chi connectivity index (χ1n) is 9.36. The Hall–Kier alpha value is -3.22. The molecule has 7 heteroatoms. The smallest absolute Gasteiger partial charge is 0.335 e. The normalized spacial score (nSPS) is 16.6. The number of hydrogen-bond acceptors (Lipinski definition) is 4. The average Bonchev–Trinajstić information content (AvgIpc) is 3.28. The van der Waals surface area contributed by atoms with Gasteiger partial charge in [-0.25, -0.2) is 14.3 Å². The molecule has 144 valence electrons. The summed E-state index contributed by atoms with van der Waals surface area (Å²) < 4.78 is 1.70. The molecule has 0 bridgehead atoms. The summed E-state index contributed by atoms with van der Waals surface area (Å²) in [5.74, 6) is -0.687. The molecule has 1 N–H and O–H groups in total. The zero-order chi connectivity index (χ0) is 19.8. The summed E-state index contributed by atoms with van der Waals surface area (Å²) >= 11 is 0. The van der Waals surface area contributed by atoms with E-state index in [9.17, 15) is 9.59 Å². The van der Waals surface area contributed by atoms with Crippen molar-refractivity contribution >= 4 is 17.5 Å². The maximum absolute atomic E-state index is 12.9. The van der Waals surface area contributed by atoms with Crippen molar-refractivity contribution in [3.63, 3.8) is 0 Å². The van der Waals surface area contributed by atoms with Crippen molar-refractivity contribution in [2.45, 2.75) is 26.7 Å². The third-order valence-electron chi connectivity index (χ3n) is 5.22. The van der Waals surface area contributed by atoms with Crippen LogP contribution in [0.5, 0.6) is 0 Å². The lowest BCUT2D eigenvalue weighted by atomic mass is 9.97. The Morgan fingerprint density at radius 2 is 2.04 bits per heavy atom. The third-order valence-corrected chi connectivity index (χ3v) is 5.22. The molecule has 0 saturated carbocycles. The van der Waals surface area contributed by atoms with Crippen molar-refractivity contribution in [1.82, 2.24) is 19.5 Å². The van der Waals surface area contributed by atoms with E-state index in [0.717, 1.165) is 29.8 Å². The van der Waals surface area contributed by atoms with E-state index in [0.29, 0.717) is 35.9 Å². The number of aromatic nitrogens is 3. The van der Waals surface area contributed by atoms with Crippen LogP contribution in [0.3, 0.4) is 0 Å². The van der Waals surface area contributed by atoms with E-state index >= 15 is 0 Å². The predicted molar refractivity (Wildman–Crippen MR) is 104 cm³/mol. The second-order valence-corrected chi connectivity index (χ2v) is 7.45. The van der Waals surface area contributed by atoms with E-state index < -0.39 is 5.97 Å². The molecule has 0 spiro atoms. The zero-order valence-corrected chi connectivity index (χ0v) is 15.9. The molecular weight excluding hydrogens is 356 g/mol. The summed E-state index contributed by atoms with van der Waals surface area (Å²) in [6.45, 7) is 5.20. The van der Waals surface area contributed by atoms with Gasteiger partial charge in [0.05, 0.1) is 5.56 Å². The minimum atomic E-state index is -0.920. The van der Waals surface area contributed by atoms with Crippen LogP contribution < -0.4 is 0 Å². The Morgan fingerprint density at radius 3 is 2.82 bits per heavy atom. The molecule has 0 aliphatic carbocycles. The minimum Gasteiger partial charge on any atom is -0.478 e. The number of fused-ring (bicyclic) bond motifs is 1. The topological polar surface area (TPSA) is 87.8 Å². The number of hydrogen-bond donors (Lipinski definition) is 1. The summed E-state index contributed by atoms with van der Waals surface area (Å²) in [7, 11) is 0. The van der Waals surface area contributed by atoms with E-state index in [1.807, 2.05) is 30.9 Å². The lowest BCUT2D eigenvalue weighted by Gasteiger charge is -2.15. The molecule has 1 fully saturated rings. The van der Waals surface area contributed by atoms with Crippen molar-refractivity contribution in [2.75, 3.05) is 13.1 Å². The summed E-state index contributed by atoms with van der Waals surface area (Å²) in [5, 5.41) is 13.6. The number of aryl methyl sites for hydroxylation is 2. The molecule has 3 heterocycles. The number of benzene rings is 1. The molecule has 1 amide bonds. The summed E-state index contributed by atoms with van der Waals surface area (Å²) in [6.07, 6.45) is 1.66. The first kappa shape index (κ1) is 18.2. The molecule has 1 aliphatic heterocycles. The maximum Gasteiger partial charge on any atom is 0.335 e. The maximum atomic E-state index is 12.9. The van der Waals surface area contributed by atoms with Crippen LogP contribution in [0.2, 0.25) is 0 Å². The van der Waals surface area contributed by atoms with Gasteiger partial charge in [0.2, 0.25) is 0 Å². The molecule has 1 aromatic carbocycles. The number of likely N-dealkylation sites (tertiary alicyclic amines) is 1. The molecule has 2 aromatic heterocycles. The van der Waals surface area contributed by atoms with Crippen LogP contribution in [-0.4, -0.2) is 49.6 Å². The van der Waals surface area contributed by atoms with E-state index in [1.165, 1.54) is 0 Å². The molecular formula is C21H22N4O3. The number of carbonyl (C=O) groups excluding carboxylic acids is 1. The average molecular weight is 378 g/mol. The molecule has 7 nitrogen and oxygen atoms in total. The Labute approximate surface area is 162 Å².